The van der Waals surface area contributed by atoms with Gasteiger partial charge in [0, 0.05) is 25.9 Å². The largest absolute Gasteiger partial charge is 0.395 e. The van der Waals surface area contributed by atoms with E-state index in [4.69, 9.17) is 4.74 Å². The molecule has 0 spiro atoms. The zero-order valence-electron chi connectivity index (χ0n) is 12.1. The van der Waals surface area contributed by atoms with Crippen molar-refractivity contribution in [1.29, 1.82) is 0 Å². The average molecular weight is 318 g/mol. The summed E-state index contributed by atoms with van der Waals surface area (Å²) in [6.45, 7) is 1.33. The van der Waals surface area contributed by atoms with Crippen LogP contribution in [0.15, 0.2) is 12.4 Å². The molecule has 1 aromatic rings. The molecule has 0 bridgehead atoms. The van der Waals surface area contributed by atoms with Gasteiger partial charge in [-0.25, -0.2) is 0 Å². The number of methoxy groups -OCH3 is 1. The fourth-order valence-corrected chi connectivity index (χ4v) is 3.86. The zero-order valence-corrected chi connectivity index (χ0v) is 12.9. The normalized spacial score (nSPS) is 20.6. The summed E-state index contributed by atoms with van der Waals surface area (Å²) < 4.78 is 35.2. The lowest BCUT2D eigenvalue weighted by Crippen LogP contribution is -2.47. The predicted octanol–water partition coefficient (Wildman–Crippen LogP) is 0.0330. The number of nitrogens with one attached hydrogen (secondary N) is 1. The van der Waals surface area contributed by atoms with E-state index in [1.165, 1.54) is 10.5 Å². The van der Waals surface area contributed by atoms with Crippen LogP contribution >= 0.6 is 0 Å². The van der Waals surface area contributed by atoms with Gasteiger partial charge < -0.3 is 9.84 Å². The van der Waals surface area contributed by atoms with Crippen LogP contribution in [0.4, 0.5) is 5.69 Å². The number of piperidine rings is 1. The molecule has 0 aliphatic carbocycles. The standard InChI is InChI=1S/C12H22N4O4S/c1-20-7-6-15-9-11(8-13-15)14-21(18,19)16-5-3-2-4-12(16)10-17/h8-9,12,14,17H,2-7,10H2,1H3. The SMILES string of the molecule is COCCn1cc(NS(=O)(=O)N2CCCCC2CO)cn1. The molecule has 2 rings (SSSR count). The lowest BCUT2D eigenvalue weighted by atomic mass is 10.1. The van der Waals surface area contributed by atoms with Crippen molar-refractivity contribution in [3.8, 4) is 0 Å². The molecule has 9 heteroatoms. The first-order chi connectivity index (χ1) is 10.1. The molecule has 1 atom stereocenters. The van der Waals surface area contributed by atoms with E-state index in [2.05, 4.69) is 9.82 Å². The summed E-state index contributed by atoms with van der Waals surface area (Å²) in [5, 5.41) is 13.4. The molecule has 1 aliphatic rings. The lowest BCUT2D eigenvalue weighted by Gasteiger charge is -2.33. The second-order valence-corrected chi connectivity index (χ2v) is 6.66. The number of hydrogen-bond acceptors (Lipinski definition) is 5. The molecule has 0 aromatic carbocycles. The number of nitrogens with zero attached hydrogens (tertiary/aromatic N) is 3. The number of aromatic nitrogens is 2. The molecule has 1 aromatic heterocycles. The Kier molecular flexibility index (Phi) is 5.57. The maximum atomic E-state index is 12.4. The molecular formula is C12H22N4O4S. The smallest absolute Gasteiger partial charge is 0.302 e. The molecule has 1 unspecified atom stereocenters. The summed E-state index contributed by atoms with van der Waals surface area (Å²) in [6.07, 6.45) is 5.51. The second-order valence-electron chi connectivity index (χ2n) is 5.03. The van der Waals surface area contributed by atoms with Crippen LogP contribution in [0.5, 0.6) is 0 Å². The van der Waals surface area contributed by atoms with E-state index in [1.54, 1.807) is 18.0 Å². The fraction of sp³-hybridized carbons (Fsp3) is 0.750. The van der Waals surface area contributed by atoms with E-state index in [9.17, 15) is 13.5 Å². The van der Waals surface area contributed by atoms with Gasteiger partial charge in [0.2, 0.25) is 0 Å². The lowest BCUT2D eigenvalue weighted by molar-refractivity contribution is 0.156. The number of anilines is 1. The maximum absolute atomic E-state index is 12.4. The average Bonchev–Trinajstić information content (AvgIpc) is 2.91. The van der Waals surface area contributed by atoms with Crippen LogP contribution in [-0.2, 0) is 21.5 Å². The maximum Gasteiger partial charge on any atom is 0.302 e. The van der Waals surface area contributed by atoms with Crippen molar-refractivity contribution in [3.63, 3.8) is 0 Å². The summed E-state index contributed by atoms with van der Waals surface area (Å²) in [4.78, 5) is 0. The summed E-state index contributed by atoms with van der Waals surface area (Å²) >= 11 is 0. The van der Waals surface area contributed by atoms with Gasteiger partial charge in [-0.1, -0.05) is 6.42 Å². The third kappa shape index (κ3) is 4.16. The highest BCUT2D eigenvalue weighted by Crippen LogP contribution is 2.21. The Morgan fingerprint density at radius 1 is 1.52 bits per heavy atom. The molecule has 8 nitrogen and oxygen atoms in total. The number of rotatable bonds is 7. The van der Waals surface area contributed by atoms with Crippen LogP contribution < -0.4 is 4.72 Å². The Morgan fingerprint density at radius 2 is 2.33 bits per heavy atom. The van der Waals surface area contributed by atoms with Gasteiger partial charge in [0.25, 0.3) is 0 Å². The predicted molar refractivity (Wildman–Crippen MR) is 78.1 cm³/mol. The Hall–Kier alpha value is -1.16. The molecule has 0 saturated carbocycles. The van der Waals surface area contributed by atoms with Crippen molar-refractivity contribution in [1.82, 2.24) is 14.1 Å². The second kappa shape index (κ2) is 7.21. The van der Waals surface area contributed by atoms with Crippen LogP contribution in [0.25, 0.3) is 0 Å². The van der Waals surface area contributed by atoms with Gasteiger partial charge in [-0.05, 0) is 12.8 Å². The van der Waals surface area contributed by atoms with Crippen LogP contribution in [0.1, 0.15) is 19.3 Å². The van der Waals surface area contributed by atoms with Gasteiger partial charge in [-0.2, -0.15) is 17.8 Å². The minimum Gasteiger partial charge on any atom is -0.395 e. The molecule has 2 N–H and O–H groups in total. The van der Waals surface area contributed by atoms with E-state index in [0.29, 0.717) is 31.8 Å². The monoisotopic (exact) mass is 318 g/mol. The van der Waals surface area contributed by atoms with Crippen LogP contribution in [0.3, 0.4) is 0 Å². The van der Waals surface area contributed by atoms with E-state index in [1.807, 2.05) is 0 Å². The van der Waals surface area contributed by atoms with Crippen molar-refractivity contribution in [2.75, 3.05) is 31.6 Å². The Bertz CT molecular complexity index is 545. The highest BCUT2D eigenvalue weighted by atomic mass is 32.2. The van der Waals surface area contributed by atoms with Gasteiger partial charge in [0.05, 0.1) is 31.6 Å². The zero-order chi connectivity index (χ0) is 15.3. The van der Waals surface area contributed by atoms with Crippen LogP contribution in [0.2, 0.25) is 0 Å². The molecule has 1 fully saturated rings. The Balaban J connectivity index is 2.04. The molecule has 1 aliphatic heterocycles. The van der Waals surface area contributed by atoms with Gasteiger partial charge in [0.15, 0.2) is 0 Å². The fourth-order valence-electron chi connectivity index (χ4n) is 2.40. The van der Waals surface area contributed by atoms with E-state index in [0.717, 1.165) is 12.8 Å². The number of hydrogen-bond donors (Lipinski definition) is 2. The molecular weight excluding hydrogens is 296 g/mol. The van der Waals surface area contributed by atoms with Crippen molar-refractivity contribution in [2.24, 2.45) is 0 Å². The first-order valence-corrected chi connectivity index (χ1v) is 8.42. The van der Waals surface area contributed by atoms with E-state index in [-0.39, 0.29) is 12.6 Å². The highest BCUT2D eigenvalue weighted by Gasteiger charge is 2.32. The summed E-state index contributed by atoms with van der Waals surface area (Å²) in [5.74, 6) is 0. The van der Waals surface area contributed by atoms with Gasteiger partial charge >= 0.3 is 10.2 Å². The quantitative estimate of drug-likeness (QED) is 0.739. The molecule has 21 heavy (non-hydrogen) atoms. The third-order valence-electron chi connectivity index (χ3n) is 3.50. The molecule has 2 heterocycles. The van der Waals surface area contributed by atoms with Crippen LogP contribution in [0, 0.1) is 0 Å². The Morgan fingerprint density at radius 3 is 3.05 bits per heavy atom. The van der Waals surface area contributed by atoms with E-state index >= 15 is 0 Å². The highest BCUT2D eigenvalue weighted by molar-refractivity contribution is 7.90. The summed E-state index contributed by atoms with van der Waals surface area (Å²) in [5.41, 5.74) is 0.411. The molecule has 120 valence electrons. The van der Waals surface area contributed by atoms with E-state index < -0.39 is 10.2 Å². The number of ether oxygens (including phenoxy) is 1. The van der Waals surface area contributed by atoms with Crippen molar-refractivity contribution >= 4 is 15.9 Å². The van der Waals surface area contributed by atoms with Crippen molar-refractivity contribution < 1.29 is 18.3 Å². The van der Waals surface area contributed by atoms with Crippen LogP contribution in [-0.4, -0.2) is 60.5 Å². The van der Waals surface area contributed by atoms with Crippen molar-refractivity contribution in [3.05, 3.63) is 12.4 Å². The first-order valence-electron chi connectivity index (χ1n) is 6.98. The summed E-state index contributed by atoms with van der Waals surface area (Å²) in [6, 6.07) is -0.347. The minimum atomic E-state index is -3.67. The van der Waals surface area contributed by atoms with Gasteiger partial charge in [-0.3, -0.25) is 9.40 Å². The number of aliphatic hydroxyl groups excluding tert-OH is 1. The van der Waals surface area contributed by atoms with Gasteiger partial charge in [-0.15, -0.1) is 0 Å². The topological polar surface area (TPSA) is 96.7 Å². The summed E-state index contributed by atoms with van der Waals surface area (Å²) in [7, 11) is -2.07. The number of aliphatic hydroxyl groups is 1. The van der Waals surface area contributed by atoms with Gasteiger partial charge in [0.1, 0.15) is 0 Å². The molecule has 1 saturated heterocycles. The molecule has 0 radical (unpaired) electrons. The Labute approximate surface area is 124 Å². The minimum absolute atomic E-state index is 0.159. The third-order valence-corrected chi connectivity index (χ3v) is 5.09. The first kappa shape index (κ1) is 16.2. The van der Waals surface area contributed by atoms with Crippen molar-refractivity contribution in [2.45, 2.75) is 31.8 Å². The molecule has 0 amide bonds.